The number of para-hydroxylation sites is 1. The van der Waals surface area contributed by atoms with Gasteiger partial charge in [-0.3, -0.25) is 9.69 Å². The van der Waals surface area contributed by atoms with Gasteiger partial charge in [0.25, 0.3) is 5.91 Å². The molecule has 5 nitrogen and oxygen atoms in total. The average Bonchev–Trinajstić information content (AvgIpc) is 2.70. The molecule has 1 aliphatic rings. The van der Waals surface area contributed by atoms with Crippen LogP contribution < -0.4 is 0 Å². The summed E-state index contributed by atoms with van der Waals surface area (Å²) in [5.74, 6) is -1.48. The Bertz CT molecular complexity index is 642. The lowest BCUT2D eigenvalue weighted by molar-refractivity contribution is -0.145. The number of phenolic OH excluding ortho intramolecular Hbond substituents is 1. The first-order chi connectivity index (χ1) is 9.95. The number of hydrogen-bond donors (Lipinski definition) is 2. The molecule has 1 heterocycles. The molecule has 1 amide bonds. The summed E-state index contributed by atoms with van der Waals surface area (Å²) in [6.45, 7) is 1.68. The first-order valence-corrected chi connectivity index (χ1v) is 7.46. The lowest BCUT2D eigenvalue weighted by Gasteiger charge is -2.21. The number of hydrogen-bond acceptors (Lipinski definition) is 5. The second-order valence-electron chi connectivity index (χ2n) is 4.37. The summed E-state index contributed by atoms with van der Waals surface area (Å²) in [5.41, 5.74) is 0.487. The number of nitrogens with zero attached hydrogens (tertiary/aromatic N) is 1. The minimum absolute atomic E-state index is 0.0491. The molecule has 110 valence electrons. The molecule has 1 aromatic rings. The molecule has 0 radical (unpaired) electrons. The highest BCUT2D eigenvalue weighted by Crippen LogP contribution is 2.35. The van der Waals surface area contributed by atoms with Crippen molar-refractivity contribution in [3.05, 3.63) is 34.7 Å². The Hall–Kier alpha value is -1.86. The molecule has 0 aromatic heterocycles. The van der Waals surface area contributed by atoms with Crippen LogP contribution in [0.5, 0.6) is 5.75 Å². The number of thiocarbonyl (C=S) groups is 1. The predicted octanol–water partition coefficient (Wildman–Crippen LogP) is 2.46. The van der Waals surface area contributed by atoms with Gasteiger partial charge in [-0.15, -0.1) is 0 Å². The van der Waals surface area contributed by atoms with Crippen LogP contribution in [0.2, 0.25) is 0 Å². The number of aliphatic carboxylic acids is 1. The Morgan fingerprint density at radius 3 is 2.71 bits per heavy atom. The molecule has 0 spiro atoms. The average molecular weight is 323 g/mol. The Kier molecular flexibility index (Phi) is 4.64. The summed E-state index contributed by atoms with van der Waals surface area (Å²) in [6, 6.07) is 5.62. The van der Waals surface area contributed by atoms with Gasteiger partial charge in [0.15, 0.2) is 0 Å². The van der Waals surface area contributed by atoms with Crippen molar-refractivity contribution in [3.63, 3.8) is 0 Å². The molecule has 21 heavy (non-hydrogen) atoms. The summed E-state index contributed by atoms with van der Waals surface area (Å²) in [5, 5.41) is 18.9. The summed E-state index contributed by atoms with van der Waals surface area (Å²) in [4.78, 5) is 25.0. The van der Waals surface area contributed by atoms with Crippen molar-refractivity contribution in [1.29, 1.82) is 0 Å². The topological polar surface area (TPSA) is 77.8 Å². The number of benzene rings is 1. The maximum Gasteiger partial charge on any atom is 0.326 e. The van der Waals surface area contributed by atoms with Gasteiger partial charge in [0.05, 0.1) is 4.91 Å². The van der Waals surface area contributed by atoms with Gasteiger partial charge in [0.2, 0.25) is 0 Å². The fourth-order valence-electron chi connectivity index (χ4n) is 1.97. The number of rotatable bonds is 4. The van der Waals surface area contributed by atoms with Crippen molar-refractivity contribution in [1.82, 2.24) is 4.90 Å². The van der Waals surface area contributed by atoms with Gasteiger partial charge in [-0.1, -0.05) is 49.1 Å². The van der Waals surface area contributed by atoms with E-state index in [2.05, 4.69) is 0 Å². The minimum atomic E-state index is -1.09. The highest BCUT2D eigenvalue weighted by molar-refractivity contribution is 8.26. The van der Waals surface area contributed by atoms with Gasteiger partial charge in [0, 0.05) is 5.56 Å². The van der Waals surface area contributed by atoms with E-state index in [-0.39, 0.29) is 16.5 Å². The van der Waals surface area contributed by atoms with E-state index in [0.717, 1.165) is 16.7 Å². The van der Waals surface area contributed by atoms with E-state index in [1.165, 1.54) is 12.1 Å². The molecule has 1 atom stereocenters. The van der Waals surface area contributed by atoms with Crippen molar-refractivity contribution in [2.45, 2.75) is 19.4 Å². The van der Waals surface area contributed by atoms with Gasteiger partial charge in [-0.2, -0.15) is 0 Å². The van der Waals surface area contributed by atoms with Gasteiger partial charge >= 0.3 is 5.97 Å². The SMILES string of the molecule is CCC(C(=O)O)N1C(=O)/C(=C/c2ccccc2O)SC1=S. The zero-order valence-corrected chi connectivity index (χ0v) is 12.8. The standard InChI is InChI=1S/C14H13NO4S2/c1-2-9(13(18)19)15-12(17)11(21-14(15)20)7-8-5-3-4-6-10(8)16/h3-7,9,16H,2H2,1H3,(H,18,19)/b11-7-. The van der Waals surface area contributed by atoms with E-state index in [1.807, 2.05) is 0 Å². The predicted molar refractivity (Wildman–Crippen MR) is 84.8 cm³/mol. The minimum Gasteiger partial charge on any atom is -0.507 e. The number of carboxylic acids is 1. The Balaban J connectivity index is 2.34. The molecule has 0 saturated carbocycles. The molecule has 2 rings (SSSR count). The number of carbonyl (C=O) groups is 2. The third kappa shape index (κ3) is 3.08. The Labute approximate surface area is 131 Å². The lowest BCUT2D eigenvalue weighted by Crippen LogP contribution is -2.43. The van der Waals surface area contributed by atoms with E-state index in [1.54, 1.807) is 25.1 Å². The highest BCUT2D eigenvalue weighted by atomic mass is 32.2. The van der Waals surface area contributed by atoms with Gasteiger partial charge in [0.1, 0.15) is 16.1 Å². The molecule has 7 heteroatoms. The fourth-order valence-corrected chi connectivity index (χ4v) is 3.31. The van der Waals surface area contributed by atoms with Crippen LogP contribution >= 0.6 is 24.0 Å². The van der Waals surface area contributed by atoms with Crippen molar-refractivity contribution in [3.8, 4) is 5.75 Å². The molecule has 1 saturated heterocycles. The van der Waals surface area contributed by atoms with Crippen LogP contribution in [-0.2, 0) is 9.59 Å². The number of carboxylic acid groups (broad SMARTS) is 1. The molecule has 0 bridgehead atoms. The van der Waals surface area contributed by atoms with E-state index < -0.39 is 17.9 Å². The van der Waals surface area contributed by atoms with E-state index in [9.17, 15) is 14.7 Å². The van der Waals surface area contributed by atoms with Crippen molar-refractivity contribution in [2.75, 3.05) is 0 Å². The number of phenols is 1. The zero-order chi connectivity index (χ0) is 15.6. The van der Waals surface area contributed by atoms with E-state index in [0.29, 0.717) is 10.5 Å². The van der Waals surface area contributed by atoms with Gasteiger partial charge < -0.3 is 10.2 Å². The number of carbonyl (C=O) groups excluding carboxylic acids is 1. The van der Waals surface area contributed by atoms with Crippen LogP contribution in [0.15, 0.2) is 29.2 Å². The molecule has 1 fully saturated rings. The largest absolute Gasteiger partial charge is 0.507 e. The third-order valence-electron chi connectivity index (χ3n) is 3.03. The van der Waals surface area contributed by atoms with Crippen LogP contribution in [0.25, 0.3) is 6.08 Å². The molecule has 1 unspecified atom stereocenters. The summed E-state index contributed by atoms with van der Waals surface area (Å²) < 4.78 is 0.218. The smallest absolute Gasteiger partial charge is 0.326 e. The fraction of sp³-hybridized carbons (Fsp3) is 0.214. The second kappa shape index (κ2) is 6.28. The molecule has 2 N–H and O–H groups in total. The van der Waals surface area contributed by atoms with Gasteiger partial charge in [-0.25, -0.2) is 4.79 Å². The second-order valence-corrected chi connectivity index (χ2v) is 6.05. The van der Waals surface area contributed by atoms with Crippen LogP contribution in [0.4, 0.5) is 0 Å². The molecule has 1 aliphatic heterocycles. The van der Waals surface area contributed by atoms with E-state index >= 15 is 0 Å². The highest BCUT2D eigenvalue weighted by Gasteiger charge is 2.39. The quantitative estimate of drug-likeness (QED) is 0.655. The number of amides is 1. The zero-order valence-electron chi connectivity index (χ0n) is 11.1. The molecule has 1 aromatic carbocycles. The van der Waals surface area contributed by atoms with Crippen LogP contribution in [-0.4, -0.2) is 37.4 Å². The lowest BCUT2D eigenvalue weighted by atomic mass is 10.1. The van der Waals surface area contributed by atoms with Gasteiger partial charge in [-0.05, 0) is 18.6 Å². The van der Waals surface area contributed by atoms with Crippen molar-refractivity contribution in [2.24, 2.45) is 0 Å². The summed E-state index contributed by atoms with van der Waals surface area (Å²) >= 11 is 6.15. The number of thioether (sulfide) groups is 1. The molecule has 0 aliphatic carbocycles. The van der Waals surface area contributed by atoms with Crippen LogP contribution in [0.3, 0.4) is 0 Å². The summed E-state index contributed by atoms with van der Waals surface area (Å²) in [7, 11) is 0. The Morgan fingerprint density at radius 1 is 1.48 bits per heavy atom. The third-order valence-corrected chi connectivity index (χ3v) is 4.36. The van der Waals surface area contributed by atoms with E-state index in [4.69, 9.17) is 17.3 Å². The Morgan fingerprint density at radius 2 is 2.14 bits per heavy atom. The molecular weight excluding hydrogens is 310 g/mol. The maximum atomic E-state index is 12.3. The normalized spacial score (nSPS) is 18.3. The summed E-state index contributed by atoms with van der Waals surface area (Å²) in [6.07, 6.45) is 1.79. The first kappa shape index (κ1) is 15.5. The monoisotopic (exact) mass is 323 g/mol. The van der Waals surface area contributed by atoms with Crippen molar-refractivity contribution >= 4 is 46.3 Å². The number of aromatic hydroxyl groups is 1. The van der Waals surface area contributed by atoms with Crippen LogP contribution in [0, 0.1) is 0 Å². The van der Waals surface area contributed by atoms with Crippen molar-refractivity contribution < 1.29 is 19.8 Å². The van der Waals surface area contributed by atoms with Crippen LogP contribution in [0.1, 0.15) is 18.9 Å². The maximum absolute atomic E-state index is 12.3. The first-order valence-electron chi connectivity index (χ1n) is 6.23. The molecular formula is C14H13NO4S2.